The minimum atomic E-state index is -0.425. The van der Waals surface area contributed by atoms with Gasteiger partial charge in [-0.05, 0) is 0 Å². The van der Waals surface area contributed by atoms with Crippen molar-refractivity contribution in [3.8, 4) is 0 Å². The number of nitrogen functional groups attached to an aromatic ring is 1. The Morgan fingerprint density at radius 2 is 2.29 bits per heavy atom. The Bertz CT molecular complexity index is 473. The zero-order valence-electron chi connectivity index (χ0n) is 7.24. The smallest absolute Gasteiger partial charge is 0.353 e. The summed E-state index contributed by atoms with van der Waals surface area (Å²) in [7, 11) is 0. The van der Waals surface area contributed by atoms with Crippen LogP contribution < -0.4 is 11.4 Å². The molecule has 2 N–H and O–H groups in total. The molecule has 72 valence electrons. The highest BCUT2D eigenvalue weighted by Crippen LogP contribution is 1.87. The van der Waals surface area contributed by atoms with Crippen molar-refractivity contribution in [2.75, 3.05) is 5.73 Å². The number of anilines is 1. The molecule has 0 spiro atoms. The van der Waals surface area contributed by atoms with E-state index in [-0.39, 0.29) is 5.95 Å². The fraction of sp³-hybridized carbons (Fsp3) is 0.143. The molecule has 14 heavy (non-hydrogen) atoms. The second-order valence-electron chi connectivity index (χ2n) is 2.69. The lowest BCUT2D eigenvalue weighted by Crippen LogP contribution is -2.26. The third-order valence-corrected chi connectivity index (χ3v) is 1.66. The number of imidazole rings is 1. The zero-order valence-corrected chi connectivity index (χ0v) is 7.24. The van der Waals surface area contributed by atoms with E-state index < -0.39 is 5.69 Å². The van der Waals surface area contributed by atoms with Crippen LogP contribution in [0.1, 0.15) is 0 Å². The van der Waals surface area contributed by atoms with Crippen molar-refractivity contribution in [2.45, 2.75) is 6.67 Å². The van der Waals surface area contributed by atoms with Crippen LogP contribution in [0.25, 0.3) is 0 Å². The van der Waals surface area contributed by atoms with Crippen molar-refractivity contribution in [3.63, 3.8) is 0 Å². The van der Waals surface area contributed by atoms with Crippen LogP contribution in [0.4, 0.5) is 5.95 Å². The van der Waals surface area contributed by atoms with Gasteiger partial charge in [-0.25, -0.2) is 14.8 Å². The monoisotopic (exact) mass is 192 g/mol. The molecule has 2 rings (SSSR count). The van der Waals surface area contributed by atoms with Gasteiger partial charge in [-0.3, -0.25) is 4.57 Å². The molecule has 2 heterocycles. The lowest BCUT2D eigenvalue weighted by Gasteiger charge is -2.03. The largest absolute Gasteiger partial charge is 0.368 e. The lowest BCUT2D eigenvalue weighted by molar-refractivity contribution is 0.565. The first kappa shape index (κ1) is 8.42. The summed E-state index contributed by atoms with van der Waals surface area (Å²) in [5.41, 5.74) is 4.82. The maximum absolute atomic E-state index is 11.3. The minimum absolute atomic E-state index is 0.0168. The van der Waals surface area contributed by atoms with Gasteiger partial charge in [-0.15, -0.1) is 0 Å². The van der Waals surface area contributed by atoms with Crippen molar-refractivity contribution in [2.24, 2.45) is 0 Å². The normalized spacial score (nSPS) is 10.3. The Balaban J connectivity index is 2.30. The summed E-state index contributed by atoms with van der Waals surface area (Å²) in [6.45, 7) is 0.332. The molecular formula is C7H8N6O. The number of nitrogens with zero attached hydrogens (tertiary/aromatic N) is 5. The van der Waals surface area contributed by atoms with Crippen molar-refractivity contribution >= 4 is 5.95 Å². The Hall–Kier alpha value is -2.18. The molecule has 7 heteroatoms. The van der Waals surface area contributed by atoms with Gasteiger partial charge in [0.1, 0.15) is 13.0 Å². The molecule has 0 aliphatic heterocycles. The first-order valence-electron chi connectivity index (χ1n) is 3.90. The van der Waals surface area contributed by atoms with E-state index in [0.29, 0.717) is 6.67 Å². The standard InChI is InChI=1S/C7H8N6O/c8-6-10-4-13(7(14)11-6)5-12-2-1-9-3-12/h1-4H,5H2,(H2,8,11,14). The van der Waals surface area contributed by atoms with Gasteiger partial charge in [0, 0.05) is 12.4 Å². The highest BCUT2D eigenvalue weighted by atomic mass is 16.1. The first-order valence-corrected chi connectivity index (χ1v) is 3.90. The SMILES string of the molecule is Nc1ncn(Cn2ccnc2)c(=O)n1. The molecule has 0 saturated carbocycles. The summed E-state index contributed by atoms with van der Waals surface area (Å²) < 4.78 is 3.05. The summed E-state index contributed by atoms with van der Waals surface area (Å²) in [6, 6.07) is 0. The zero-order chi connectivity index (χ0) is 9.97. The fourth-order valence-electron chi connectivity index (χ4n) is 1.01. The third kappa shape index (κ3) is 1.60. The van der Waals surface area contributed by atoms with Crippen molar-refractivity contribution in [3.05, 3.63) is 35.5 Å². The van der Waals surface area contributed by atoms with Gasteiger partial charge in [-0.1, -0.05) is 0 Å². The van der Waals surface area contributed by atoms with Crippen LogP contribution in [0.3, 0.4) is 0 Å². The summed E-state index contributed by atoms with van der Waals surface area (Å²) in [6.07, 6.45) is 6.32. The van der Waals surface area contributed by atoms with E-state index in [4.69, 9.17) is 5.73 Å². The summed E-state index contributed by atoms with van der Waals surface area (Å²) >= 11 is 0. The molecule has 0 aliphatic carbocycles. The van der Waals surface area contributed by atoms with Crippen LogP contribution in [-0.4, -0.2) is 24.1 Å². The van der Waals surface area contributed by atoms with E-state index >= 15 is 0 Å². The van der Waals surface area contributed by atoms with Crippen molar-refractivity contribution in [1.82, 2.24) is 24.1 Å². The molecule has 2 aromatic rings. The number of hydrogen-bond donors (Lipinski definition) is 1. The summed E-state index contributed by atoms with van der Waals surface area (Å²) in [5.74, 6) is -0.0168. The number of aromatic nitrogens is 5. The van der Waals surface area contributed by atoms with Crippen LogP contribution in [0, 0.1) is 0 Å². The second-order valence-corrected chi connectivity index (χ2v) is 2.69. The average molecular weight is 192 g/mol. The highest BCUT2D eigenvalue weighted by Gasteiger charge is 1.98. The van der Waals surface area contributed by atoms with Gasteiger partial charge in [0.15, 0.2) is 0 Å². The van der Waals surface area contributed by atoms with Crippen LogP contribution in [-0.2, 0) is 6.67 Å². The molecule has 0 amide bonds. The second kappa shape index (κ2) is 3.29. The summed E-state index contributed by atoms with van der Waals surface area (Å²) in [4.78, 5) is 22.3. The first-order chi connectivity index (χ1) is 6.75. The van der Waals surface area contributed by atoms with E-state index in [1.807, 2.05) is 0 Å². The molecule has 0 aromatic carbocycles. The summed E-state index contributed by atoms with van der Waals surface area (Å²) in [5, 5.41) is 0. The molecule has 0 radical (unpaired) electrons. The van der Waals surface area contributed by atoms with Gasteiger partial charge in [0.2, 0.25) is 5.95 Å². The highest BCUT2D eigenvalue weighted by molar-refractivity contribution is 5.09. The number of nitrogens with two attached hydrogens (primary N) is 1. The van der Waals surface area contributed by atoms with E-state index in [0.717, 1.165) is 0 Å². The van der Waals surface area contributed by atoms with Crippen LogP contribution in [0.15, 0.2) is 29.8 Å². The number of rotatable bonds is 2. The van der Waals surface area contributed by atoms with Crippen LogP contribution in [0.2, 0.25) is 0 Å². The minimum Gasteiger partial charge on any atom is -0.368 e. The van der Waals surface area contributed by atoms with Crippen LogP contribution >= 0.6 is 0 Å². The van der Waals surface area contributed by atoms with Crippen LogP contribution in [0.5, 0.6) is 0 Å². The molecule has 0 saturated heterocycles. The Morgan fingerprint density at radius 1 is 1.43 bits per heavy atom. The van der Waals surface area contributed by atoms with Crippen molar-refractivity contribution in [1.29, 1.82) is 0 Å². The Kier molecular flexibility index (Phi) is 1.98. The predicted molar refractivity (Wildman–Crippen MR) is 48.3 cm³/mol. The molecular weight excluding hydrogens is 184 g/mol. The van der Waals surface area contributed by atoms with E-state index in [1.54, 1.807) is 23.3 Å². The predicted octanol–water partition coefficient (Wildman–Crippen LogP) is -1.08. The maximum Gasteiger partial charge on any atom is 0.353 e. The van der Waals surface area contributed by atoms with Gasteiger partial charge in [0.25, 0.3) is 0 Å². The third-order valence-electron chi connectivity index (χ3n) is 1.66. The molecule has 0 unspecified atom stereocenters. The molecule has 0 bridgehead atoms. The van der Waals surface area contributed by atoms with Gasteiger partial charge in [-0.2, -0.15) is 4.98 Å². The van der Waals surface area contributed by atoms with E-state index in [2.05, 4.69) is 15.0 Å². The number of hydrogen-bond acceptors (Lipinski definition) is 5. The van der Waals surface area contributed by atoms with Gasteiger partial charge < -0.3 is 10.3 Å². The van der Waals surface area contributed by atoms with E-state index in [1.165, 1.54) is 10.9 Å². The maximum atomic E-state index is 11.3. The Labute approximate surface area is 78.9 Å². The molecule has 0 atom stereocenters. The quantitative estimate of drug-likeness (QED) is 0.653. The molecule has 2 aromatic heterocycles. The average Bonchev–Trinajstić information content (AvgIpc) is 2.62. The topological polar surface area (TPSA) is 91.6 Å². The van der Waals surface area contributed by atoms with E-state index in [9.17, 15) is 4.79 Å². The fourth-order valence-corrected chi connectivity index (χ4v) is 1.01. The van der Waals surface area contributed by atoms with Gasteiger partial charge in [0.05, 0.1) is 6.33 Å². The van der Waals surface area contributed by atoms with Crippen molar-refractivity contribution < 1.29 is 0 Å². The Morgan fingerprint density at radius 3 is 2.93 bits per heavy atom. The van der Waals surface area contributed by atoms with Gasteiger partial charge >= 0.3 is 5.69 Å². The molecule has 0 fully saturated rings. The molecule has 7 nitrogen and oxygen atoms in total. The molecule has 0 aliphatic rings. The lowest BCUT2D eigenvalue weighted by atomic mass is 10.8.